The van der Waals surface area contributed by atoms with Crippen molar-refractivity contribution >= 4 is 5.97 Å². The molecule has 1 atom stereocenters. The van der Waals surface area contributed by atoms with Crippen molar-refractivity contribution in [3.05, 3.63) is 71.3 Å². The number of methoxy groups -OCH3 is 1. The molecule has 1 N–H and O–H groups in total. The standard InChI is InChI=1S/C16H15F2NO2/c1-21-16(20)15(11-5-3-2-4-6-11)19-10-12-7-8-13(17)9-14(12)18/h2-9,15,19H,10H2,1H3. The molecule has 3 nitrogen and oxygen atoms in total. The molecule has 0 bridgehead atoms. The van der Waals surface area contributed by atoms with Gasteiger partial charge >= 0.3 is 5.97 Å². The fourth-order valence-corrected chi connectivity index (χ4v) is 1.98. The van der Waals surface area contributed by atoms with E-state index in [1.807, 2.05) is 6.07 Å². The van der Waals surface area contributed by atoms with Gasteiger partial charge in [0.05, 0.1) is 7.11 Å². The molecule has 0 aliphatic heterocycles. The molecule has 0 amide bonds. The lowest BCUT2D eigenvalue weighted by Gasteiger charge is -2.17. The summed E-state index contributed by atoms with van der Waals surface area (Å²) in [6.07, 6.45) is 0. The zero-order valence-corrected chi connectivity index (χ0v) is 11.5. The number of carbonyl (C=O) groups excluding carboxylic acids is 1. The van der Waals surface area contributed by atoms with Crippen LogP contribution in [-0.4, -0.2) is 13.1 Å². The van der Waals surface area contributed by atoms with Gasteiger partial charge in [-0.2, -0.15) is 0 Å². The number of ether oxygens (including phenoxy) is 1. The third kappa shape index (κ3) is 3.86. The first-order chi connectivity index (χ1) is 10.1. The van der Waals surface area contributed by atoms with Gasteiger partial charge in [0.1, 0.15) is 17.7 Å². The fourth-order valence-electron chi connectivity index (χ4n) is 1.98. The van der Waals surface area contributed by atoms with Crippen LogP contribution in [-0.2, 0) is 16.1 Å². The Morgan fingerprint density at radius 2 is 1.90 bits per heavy atom. The molecular formula is C16H15F2NO2. The first-order valence-electron chi connectivity index (χ1n) is 6.42. The quantitative estimate of drug-likeness (QED) is 0.861. The third-order valence-corrected chi connectivity index (χ3v) is 3.08. The zero-order chi connectivity index (χ0) is 15.2. The van der Waals surface area contributed by atoms with Crippen LogP contribution in [0.1, 0.15) is 17.2 Å². The van der Waals surface area contributed by atoms with E-state index in [0.29, 0.717) is 5.56 Å². The van der Waals surface area contributed by atoms with Gasteiger partial charge in [-0.25, -0.2) is 13.6 Å². The number of hydrogen-bond acceptors (Lipinski definition) is 3. The molecule has 110 valence electrons. The Kier molecular flexibility index (Phi) is 5.00. The third-order valence-electron chi connectivity index (χ3n) is 3.08. The second kappa shape index (κ2) is 6.95. The number of nitrogens with one attached hydrogen (secondary N) is 1. The predicted molar refractivity (Wildman–Crippen MR) is 74.4 cm³/mol. The molecule has 0 radical (unpaired) electrons. The molecule has 0 heterocycles. The summed E-state index contributed by atoms with van der Waals surface area (Å²) in [6.45, 7) is 0.0841. The summed E-state index contributed by atoms with van der Waals surface area (Å²) >= 11 is 0. The van der Waals surface area contributed by atoms with E-state index in [2.05, 4.69) is 5.32 Å². The van der Waals surface area contributed by atoms with Gasteiger partial charge in [-0.3, -0.25) is 5.32 Å². The van der Waals surface area contributed by atoms with Gasteiger partial charge in [0, 0.05) is 18.2 Å². The van der Waals surface area contributed by atoms with Crippen molar-refractivity contribution in [2.24, 2.45) is 0 Å². The van der Waals surface area contributed by atoms with Crippen LogP contribution in [0.4, 0.5) is 8.78 Å². The predicted octanol–water partition coefficient (Wildman–Crippen LogP) is 2.97. The lowest BCUT2D eigenvalue weighted by atomic mass is 10.1. The Balaban J connectivity index is 2.15. The Labute approximate surface area is 121 Å². The number of benzene rings is 2. The van der Waals surface area contributed by atoms with Gasteiger partial charge in [-0.05, 0) is 11.6 Å². The Morgan fingerprint density at radius 3 is 2.52 bits per heavy atom. The van der Waals surface area contributed by atoms with Gasteiger partial charge in [-0.15, -0.1) is 0 Å². The van der Waals surface area contributed by atoms with Gasteiger partial charge in [0.15, 0.2) is 0 Å². The zero-order valence-electron chi connectivity index (χ0n) is 11.5. The summed E-state index contributed by atoms with van der Waals surface area (Å²) in [6, 6.07) is 11.6. The molecule has 0 saturated heterocycles. The van der Waals surface area contributed by atoms with Crippen molar-refractivity contribution in [3.8, 4) is 0 Å². The second-order valence-electron chi connectivity index (χ2n) is 4.48. The lowest BCUT2D eigenvalue weighted by Crippen LogP contribution is -2.29. The first-order valence-corrected chi connectivity index (χ1v) is 6.42. The molecular weight excluding hydrogens is 276 g/mol. The fraction of sp³-hybridized carbons (Fsp3) is 0.188. The number of carbonyl (C=O) groups is 1. The van der Waals surface area contributed by atoms with Gasteiger partial charge < -0.3 is 4.74 Å². The average Bonchev–Trinajstić information content (AvgIpc) is 2.50. The minimum Gasteiger partial charge on any atom is -0.468 e. The molecule has 2 rings (SSSR count). The highest BCUT2D eigenvalue weighted by Gasteiger charge is 2.21. The van der Waals surface area contributed by atoms with Crippen LogP contribution >= 0.6 is 0 Å². The van der Waals surface area contributed by atoms with E-state index in [1.54, 1.807) is 24.3 Å². The largest absolute Gasteiger partial charge is 0.468 e. The molecule has 0 aliphatic carbocycles. The van der Waals surface area contributed by atoms with Crippen molar-refractivity contribution in [3.63, 3.8) is 0 Å². The van der Waals surface area contributed by atoms with Crippen LogP contribution in [0.5, 0.6) is 0 Å². The molecule has 0 saturated carbocycles. The molecule has 2 aromatic carbocycles. The van der Waals surface area contributed by atoms with Crippen molar-refractivity contribution in [2.75, 3.05) is 7.11 Å². The maximum atomic E-state index is 13.6. The summed E-state index contributed by atoms with van der Waals surface area (Å²) in [5, 5.41) is 2.93. The van der Waals surface area contributed by atoms with Gasteiger partial charge in [0.25, 0.3) is 0 Å². The maximum absolute atomic E-state index is 13.6. The molecule has 1 unspecified atom stereocenters. The lowest BCUT2D eigenvalue weighted by molar-refractivity contribution is -0.143. The number of esters is 1. The molecule has 21 heavy (non-hydrogen) atoms. The van der Waals surface area contributed by atoms with Crippen LogP contribution in [0.25, 0.3) is 0 Å². The Hall–Kier alpha value is -2.27. The number of hydrogen-bond donors (Lipinski definition) is 1. The second-order valence-corrected chi connectivity index (χ2v) is 4.48. The minimum atomic E-state index is -0.708. The van der Waals surface area contributed by atoms with E-state index in [0.717, 1.165) is 6.07 Å². The summed E-state index contributed by atoms with van der Waals surface area (Å²) < 4.78 is 31.2. The van der Waals surface area contributed by atoms with Gasteiger partial charge in [-0.1, -0.05) is 36.4 Å². The Morgan fingerprint density at radius 1 is 1.19 bits per heavy atom. The number of rotatable bonds is 5. The normalized spacial score (nSPS) is 12.0. The van der Waals surface area contributed by atoms with E-state index >= 15 is 0 Å². The van der Waals surface area contributed by atoms with Crippen molar-refractivity contribution in [2.45, 2.75) is 12.6 Å². The summed E-state index contributed by atoms with van der Waals surface area (Å²) in [5.41, 5.74) is 0.994. The van der Waals surface area contributed by atoms with Crippen LogP contribution in [0.2, 0.25) is 0 Å². The summed E-state index contributed by atoms with van der Waals surface area (Å²) in [7, 11) is 1.29. The molecule has 0 fully saturated rings. The van der Waals surface area contributed by atoms with E-state index in [4.69, 9.17) is 4.74 Å². The molecule has 0 aromatic heterocycles. The monoisotopic (exact) mass is 291 g/mol. The van der Waals surface area contributed by atoms with E-state index in [1.165, 1.54) is 19.2 Å². The number of halogens is 2. The molecule has 2 aromatic rings. The van der Waals surface area contributed by atoms with E-state index in [9.17, 15) is 13.6 Å². The molecule has 5 heteroatoms. The minimum absolute atomic E-state index is 0.0841. The summed E-state index contributed by atoms with van der Waals surface area (Å²) in [5.74, 6) is -1.76. The molecule has 0 aliphatic rings. The van der Waals surface area contributed by atoms with Crippen LogP contribution in [0.15, 0.2) is 48.5 Å². The van der Waals surface area contributed by atoms with E-state index in [-0.39, 0.29) is 12.1 Å². The van der Waals surface area contributed by atoms with E-state index < -0.39 is 23.6 Å². The topological polar surface area (TPSA) is 38.3 Å². The van der Waals surface area contributed by atoms with Gasteiger partial charge in [0.2, 0.25) is 0 Å². The van der Waals surface area contributed by atoms with Crippen molar-refractivity contribution in [1.82, 2.24) is 5.32 Å². The summed E-state index contributed by atoms with van der Waals surface area (Å²) in [4.78, 5) is 11.8. The Bertz CT molecular complexity index is 617. The maximum Gasteiger partial charge on any atom is 0.327 e. The highest BCUT2D eigenvalue weighted by Crippen LogP contribution is 2.16. The SMILES string of the molecule is COC(=O)C(NCc1ccc(F)cc1F)c1ccccc1. The highest BCUT2D eigenvalue weighted by atomic mass is 19.1. The molecule has 0 spiro atoms. The smallest absolute Gasteiger partial charge is 0.327 e. The van der Waals surface area contributed by atoms with Crippen molar-refractivity contribution in [1.29, 1.82) is 0 Å². The highest BCUT2D eigenvalue weighted by molar-refractivity contribution is 5.77. The van der Waals surface area contributed by atoms with Crippen LogP contribution in [0.3, 0.4) is 0 Å². The van der Waals surface area contributed by atoms with Crippen molar-refractivity contribution < 1.29 is 18.3 Å². The van der Waals surface area contributed by atoms with Crippen LogP contribution < -0.4 is 5.32 Å². The average molecular weight is 291 g/mol. The first kappa shape index (κ1) is 15.1. The van der Waals surface area contributed by atoms with Crippen LogP contribution in [0, 0.1) is 11.6 Å².